The molecule has 3 nitrogen and oxygen atoms in total. The predicted octanol–water partition coefficient (Wildman–Crippen LogP) is 1.52. The Labute approximate surface area is 70.2 Å². The molecule has 0 aliphatic heterocycles. The van der Waals surface area contributed by atoms with Gasteiger partial charge in [0.15, 0.2) is 0 Å². The largest absolute Gasteiger partial charge is 0.270 e. The molecule has 0 aromatic rings. The summed E-state index contributed by atoms with van der Waals surface area (Å²) in [6.45, 7) is -0.0530. The Kier molecular flexibility index (Phi) is 5.00. The summed E-state index contributed by atoms with van der Waals surface area (Å²) in [5, 5.41) is 0. The average molecular weight is 200 g/mol. The molecule has 0 saturated carbocycles. The van der Waals surface area contributed by atoms with Gasteiger partial charge in [0.05, 0.1) is 12.9 Å². The number of hydrogen-bond acceptors (Lipinski definition) is 3. The van der Waals surface area contributed by atoms with E-state index in [2.05, 4.69) is 4.18 Å². The van der Waals surface area contributed by atoms with Crippen LogP contribution in [0.1, 0.15) is 12.8 Å². The lowest BCUT2D eigenvalue weighted by molar-refractivity contribution is 0.315. The van der Waals surface area contributed by atoms with Crippen molar-refractivity contribution < 1.29 is 21.4 Å². The summed E-state index contributed by atoms with van der Waals surface area (Å²) >= 11 is 0. The van der Waals surface area contributed by atoms with Crippen LogP contribution < -0.4 is 0 Å². The van der Waals surface area contributed by atoms with Gasteiger partial charge in [0.2, 0.25) is 0 Å². The van der Waals surface area contributed by atoms with Gasteiger partial charge in [-0.25, -0.2) is 0 Å². The van der Waals surface area contributed by atoms with Gasteiger partial charge in [-0.1, -0.05) is 0 Å². The number of halogens is 2. The first-order chi connectivity index (χ1) is 5.42. The molecule has 0 fully saturated rings. The average Bonchev–Trinajstić information content (AvgIpc) is 1.83. The third-order valence-electron chi connectivity index (χ3n) is 0.945. The Bertz CT molecular complexity index is 242. The summed E-state index contributed by atoms with van der Waals surface area (Å²) < 4.78 is 47.8. The Morgan fingerprint density at radius 3 is 2.50 bits per heavy atom. The third-order valence-corrected chi connectivity index (χ3v) is 1.54. The highest BCUT2D eigenvalue weighted by Crippen LogP contribution is 2.02. The van der Waals surface area contributed by atoms with Crippen LogP contribution in [0.2, 0.25) is 0 Å². The van der Waals surface area contributed by atoms with Crippen LogP contribution in [0.15, 0.2) is 12.2 Å². The Hall–Kier alpha value is -0.490. The molecule has 0 saturated heterocycles. The van der Waals surface area contributed by atoms with Crippen LogP contribution in [0, 0.1) is 0 Å². The Balaban J connectivity index is 3.41. The standard InChI is InChI=1S/C6H10F2O3S/c1-12(9,10)11-5-3-2-4-6(7)8/h4H,2-3,5H2,1H3. The van der Waals surface area contributed by atoms with Crippen LogP contribution in [0.4, 0.5) is 8.78 Å². The number of allylic oxidation sites excluding steroid dienone is 1. The first-order valence-electron chi connectivity index (χ1n) is 3.27. The van der Waals surface area contributed by atoms with Crippen molar-refractivity contribution in [2.45, 2.75) is 12.8 Å². The molecule has 0 rings (SSSR count). The maximum atomic E-state index is 11.4. The zero-order valence-corrected chi connectivity index (χ0v) is 7.40. The van der Waals surface area contributed by atoms with E-state index >= 15 is 0 Å². The smallest absolute Gasteiger partial charge is 0.266 e. The van der Waals surface area contributed by atoms with Crippen molar-refractivity contribution in [1.29, 1.82) is 0 Å². The molecule has 0 amide bonds. The molecule has 0 spiro atoms. The van der Waals surface area contributed by atoms with Gasteiger partial charge in [-0.2, -0.15) is 17.2 Å². The van der Waals surface area contributed by atoms with E-state index in [-0.39, 0.29) is 19.4 Å². The molecule has 0 bridgehead atoms. The molecule has 0 aliphatic carbocycles. The molecule has 0 unspecified atom stereocenters. The molecular formula is C6H10F2O3S. The van der Waals surface area contributed by atoms with Crippen LogP contribution in [-0.2, 0) is 14.3 Å². The molecule has 6 heteroatoms. The summed E-state index contributed by atoms with van der Waals surface area (Å²) in [4.78, 5) is 0. The Morgan fingerprint density at radius 1 is 1.50 bits per heavy atom. The molecular weight excluding hydrogens is 190 g/mol. The number of unbranched alkanes of at least 4 members (excludes halogenated alkanes) is 1. The predicted molar refractivity (Wildman–Crippen MR) is 40.3 cm³/mol. The second kappa shape index (κ2) is 5.21. The van der Waals surface area contributed by atoms with Crippen molar-refractivity contribution in [1.82, 2.24) is 0 Å². The van der Waals surface area contributed by atoms with E-state index in [1.807, 2.05) is 0 Å². The lowest BCUT2D eigenvalue weighted by Gasteiger charge is -1.97. The van der Waals surface area contributed by atoms with E-state index in [4.69, 9.17) is 0 Å². The molecule has 0 heterocycles. The van der Waals surface area contributed by atoms with Crippen LogP contribution in [-0.4, -0.2) is 21.3 Å². The fourth-order valence-corrected chi connectivity index (χ4v) is 0.925. The van der Waals surface area contributed by atoms with Gasteiger partial charge < -0.3 is 0 Å². The van der Waals surface area contributed by atoms with Crippen molar-refractivity contribution in [3.05, 3.63) is 12.2 Å². The molecule has 0 aliphatic rings. The van der Waals surface area contributed by atoms with Gasteiger partial charge in [0, 0.05) is 0 Å². The zero-order valence-electron chi connectivity index (χ0n) is 6.59. The summed E-state index contributed by atoms with van der Waals surface area (Å²) in [7, 11) is -3.43. The minimum Gasteiger partial charge on any atom is -0.270 e. The SMILES string of the molecule is CS(=O)(=O)OCCCC=C(F)F. The van der Waals surface area contributed by atoms with Crippen molar-refractivity contribution in [3.63, 3.8) is 0 Å². The molecule has 72 valence electrons. The molecule has 0 atom stereocenters. The molecule has 0 aromatic heterocycles. The summed E-state index contributed by atoms with van der Waals surface area (Å²) in [5.74, 6) is 0. The highest BCUT2D eigenvalue weighted by Gasteiger charge is 1.99. The van der Waals surface area contributed by atoms with Gasteiger partial charge in [0.25, 0.3) is 16.2 Å². The van der Waals surface area contributed by atoms with E-state index in [1.54, 1.807) is 0 Å². The summed E-state index contributed by atoms with van der Waals surface area (Å²) in [5.41, 5.74) is 0. The van der Waals surface area contributed by atoms with E-state index in [0.717, 1.165) is 12.3 Å². The van der Waals surface area contributed by atoms with Crippen LogP contribution in [0.25, 0.3) is 0 Å². The van der Waals surface area contributed by atoms with Gasteiger partial charge in [-0.3, -0.25) is 4.18 Å². The number of hydrogen-bond donors (Lipinski definition) is 0. The lowest BCUT2D eigenvalue weighted by Crippen LogP contribution is -2.03. The van der Waals surface area contributed by atoms with Crippen molar-refractivity contribution in [3.8, 4) is 0 Å². The fraction of sp³-hybridized carbons (Fsp3) is 0.667. The first kappa shape index (κ1) is 11.5. The van der Waals surface area contributed by atoms with E-state index in [9.17, 15) is 17.2 Å². The van der Waals surface area contributed by atoms with Gasteiger partial charge in [-0.05, 0) is 18.9 Å². The second-order valence-electron chi connectivity index (χ2n) is 2.16. The quantitative estimate of drug-likeness (QED) is 0.499. The van der Waals surface area contributed by atoms with Crippen LogP contribution >= 0.6 is 0 Å². The van der Waals surface area contributed by atoms with Crippen molar-refractivity contribution in [2.75, 3.05) is 12.9 Å². The van der Waals surface area contributed by atoms with Crippen molar-refractivity contribution in [2.24, 2.45) is 0 Å². The van der Waals surface area contributed by atoms with Crippen LogP contribution in [0.3, 0.4) is 0 Å². The third kappa shape index (κ3) is 9.51. The number of rotatable bonds is 5. The molecule has 0 N–H and O–H groups in total. The molecule has 0 aromatic carbocycles. The van der Waals surface area contributed by atoms with Gasteiger partial charge >= 0.3 is 0 Å². The lowest BCUT2D eigenvalue weighted by atomic mass is 10.3. The van der Waals surface area contributed by atoms with Crippen LogP contribution in [0.5, 0.6) is 0 Å². The zero-order chi connectivity index (χ0) is 9.61. The summed E-state index contributed by atoms with van der Waals surface area (Å²) in [6.07, 6.45) is 0.279. The summed E-state index contributed by atoms with van der Waals surface area (Å²) in [6, 6.07) is 0. The second-order valence-corrected chi connectivity index (χ2v) is 3.81. The highest BCUT2D eigenvalue weighted by atomic mass is 32.2. The topological polar surface area (TPSA) is 43.4 Å². The van der Waals surface area contributed by atoms with Gasteiger partial charge in [-0.15, -0.1) is 0 Å². The van der Waals surface area contributed by atoms with E-state index < -0.39 is 16.2 Å². The first-order valence-corrected chi connectivity index (χ1v) is 5.09. The van der Waals surface area contributed by atoms with Gasteiger partial charge in [0.1, 0.15) is 0 Å². The fourth-order valence-electron chi connectivity index (χ4n) is 0.505. The van der Waals surface area contributed by atoms with E-state index in [0.29, 0.717) is 0 Å². The Morgan fingerprint density at radius 2 is 2.08 bits per heavy atom. The van der Waals surface area contributed by atoms with E-state index in [1.165, 1.54) is 0 Å². The van der Waals surface area contributed by atoms with Crippen molar-refractivity contribution >= 4 is 10.1 Å². The maximum absolute atomic E-state index is 11.4. The monoisotopic (exact) mass is 200 g/mol. The maximum Gasteiger partial charge on any atom is 0.266 e. The minimum atomic E-state index is -3.43. The minimum absolute atomic E-state index is 0.0530. The molecule has 0 radical (unpaired) electrons. The molecule has 12 heavy (non-hydrogen) atoms. The normalized spacial score (nSPS) is 11.2. The highest BCUT2D eigenvalue weighted by molar-refractivity contribution is 7.85.